The molecule has 1 N–H and O–H groups in total. The van der Waals surface area contributed by atoms with E-state index >= 15 is 0 Å². The summed E-state index contributed by atoms with van der Waals surface area (Å²) >= 11 is 6.74. The Morgan fingerprint density at radius 2 is 2.06 bits per heavy atom. The summed E-state index contributed by atoms with van der Waals surface area (Å²) in [6, 6.07) is 5.03. The zero-order valence-corrected chi connectivity index (χ0v) is 12.2. The summed E-state index contributed by atoms with van der Waals surface area (Å²) in [6.45, 7) is 1.73. The Hall–Kier alpha value is -0.880. The minimum atomic E-state index is -0.484. The molecule has 1 fully saturated rings. The third-order valence-electron chi connectivity index (χ3n) is 2.51. The minimum Gasteiger partial charge on any atom is -0.343 e. The average molecular weight is 362 g/mol. The number of nitrogens with zero attached hydrogens (tertiary/aromatic N) is 1. The molecule has 1 aromatic carbocycles. The summed E-state index contributed by atoms with van der Waals surface area (Å²) < 4.78 is 1.65. The van der Waals surface area contributed by atoms with Crippen molar-refractivity contribution in [1.82, 2.24) is 5.32 Å². The SMILES string of the molecule is CC1NC(=O)CN(c2cc(Br)ccc2Br)C1=O. The lowest BCUT2D eigenvalue weighted by Crippen LogP contribution is -2.57. The van der Waals surface area contributed by atoms with Crippen molar-refractivity contribution in [3.63, 3.8) is 0 Å². The summed E-state index contributed by atoms with van der Waals surface area (Å²) in [4.78, 5) is 25.0. The summed E-state index contributed by atoms with van der Waals surface area (Å²) in [5.41, 5.74) is 0.700. The molecule has 1 atom stereocenters. The Morgan fingerprint density at radius 3 is 2.76 bits per heavy atom. The predicted octanol–water partition coefficient (Wildman–Crippen LogP) is 2.06. The first-order valence-corrected chi connectivity index (χ1v) is 6.63. The average Bonchev–Trinajstić information content (AvgIpc) is 2.27. The molecule has 0 bridgehead atoms. The van der Waals surface area contributed by atoms with E-state index in [4.69, 9.17) is 0 Å². The van der Waals surface area contributed by atoms with Crippen LogP contribution in [-0.2, 0) is 9.59 Å². The molecule has 1 aliphatic rings. The van der Waals surface area contributed by atoms with Crippen molar-refractivity contribution in [1.29, 1.82) is 0 Å². The smallest absolute Gasteiger partial charge is 0.249 e. The molecule has 0 aromatic heterocycles. The second-order valence-corrected chi connectivity index (χ2v) is 5.58. The van der Waals surface area contributed by atoms with Crippen LogP contribution in [0.5, 0.6) is 0 Å². The lowest BCUT2D eigenvalue weighted by molar-refractivity contribution is -0.130. The number of piperazine rings is 1. The van der Waals surface area contributed by atoms with E-state index in [9.17, 15) is 9.59 Å². The quantitative estimate of drug-likeness (QED) is 0.832. The van der Waals surface area contributed by atoms with Crippen molar-refractivity contribution in [2.75, 3.05) is 11.4 Å². The first-order valence-electron chi connectivity index (χ1n) is 5.05. The van der Waals surface area contributed by atoms with Gasteiger partial charge in [-0.1, -0.05) is 15.9 Å². The molecule has 0 radical (unpaired) electrons. The van der Waals surface area contributed by atoms with Gasteiger partial charge >= 0.3 is 0 Å². The van der Waals surface area contributed by atoms with Gasteiger partial charge in [-0.05, 0) is 41.1 Å². The molecule has 2 amide bonds. The second-order valence-electron chi connectivity index (χ2n) is 3.81. The van der Waals surface area contributed by atoms with Crippen molar-refractivity contribution >= 4 is 49.4 Å². The molecule has 6 heteroatoms. The summed E-state index contributed by atoms with van der Waals surface area (Å²) in [5.74, 6) is -0.257. The van der Waals surface area contributed by atoms with Crippen molar-refractivity contribution in [2.45, 2.75) is 13.0 Å². The molecule has 1 saturated heterocycles. The number of carbonyl (C=O) groups is 2. The van der Waals surface area contributed by atoms with E-state index in [1.807, 2.05) is 18.2 Å². The molecule has 1 aromatic rings. The zero-order chi connectivity index (χ0) is 12.6. The number of amides is 2. The fourth-order valence-electron chi connectivity index (χ4n) is 1.70. The standard InChI is InChI=1S/C11H10Br2N2O2/c1-6-11(17)15(5-10(16)14-6)9-4-7(12)2-3-8(9)13/h2-4,6H,5H2,1H3,(H,14,16). The zero-order valence-electron chi connectivity index (χ0n) is 9.04. The lowest BCUT2D eigenvalue weighted by Gasteiger charge is -2.31. The van der Waals surface area contributed by atoms with Crippen molar-refractivity contribution in [2.24, 2.45) is 0 Å². The number of carbonyl (C=O) groups excluding carboxylic acids is 2. The second kappa shape index (κ2) is 4.78. The molecule has 1 aliphatic heterocycles. The molecule has 0 aliphatic carbocycles. The van der Waals surface area contributed by atoms with Crippen LogP contribution >= 0.6 is 31.9 Å². The molecule has 1 unspecified atom stereocenters. The molecule has 0 saturated carbocycles. The number of anilines is 1. The van der Waals surface area contributed by atoms with Crippen molar-refractivity contribution < 1.29 is 9.59 Å². The predicted molar refractivity (Wildman–Crippen MR) is 71.8 cm³/mol. The third-order valence-corrected chi connectivity index (χ3v) is 3.68. The first-order chi connectivity index (χ1) is 7.99. The Labute approximate surface area is 116 Å². The van der Waals surface area contributed by atoms with Crippen LogP contribution < -0.4 is 10.2 Å². The van der Waals surface area contributed by atoms with Gasteiger partial charge < -0.3 is 10.2 Å². The van der Waals surface area contributed by atoms with Gasteiger partial charge in [-0.25, -0.2) is 0 Å². The van der Waals surface area contributed by atoms with E-state index in [1.54, 1.807) is 6.92 Å². The summed E-state index contributed by atoms with van der Waals surface area (Å²) in [5, 5.41) is 2.61. The van der Waals surface area contributed by atoms with E-state index < -0.39 is 6.04 Å². The highest BCUT2D eigenvalue weighted by Gasteiger charge is 2.31. The van der Waals surface area contributed by atoms with Gasteiger partial charge in [0.15, 0.2) is 0 Å². The Kier molecular flexibility index (Phi) is 3.53. The van der Waals surface area contributed by atoms with Gasteiger partial charge in [0.25, 0.3) is 0 Å². The van der Waals surface area contributed by atoms with E-state index in [0.29, 0.717) is 5.69 Å². The highest BCUT2D eigenvalue weighted by Crippen LogP contribution is 2.30. The number of nitrogens with one attached hydrogen (secondary N) is 1. The highest BCUT2D eigenvalue weighted by molar-refractivity contribution is 9.11. The maximum absolute atomic E-state index is 12.0. The van der Waals surface area contributed by atoms with E-state index in [1.165, 1.54) is 4.90 Å². The topological polar surface area (TPSA) is 49.4 Å². The minimum absolute atomic E-state index is 0.0538. The van der Waals surface area contributed by atoms with Crippen LogP contribution in [-0.4, -0.2) is 24.4 Å². The number of benzene rings is 1. The monoisotopic (exact) mass is 360 g/mol. The molecule has 2 rings (SSSR count). The maximum Gasteiger partial charge on any atom is 0.249 e. The number of hydrogen-bond acceptors (Lipinski definition) is 2. The van der Waals surface area contributed by atoms with Gasteiger partial charge in [-0.3, -0.25) is 9.59 Å². The van der Waals surface area contributed by atoms with E-state index in [2.05, 4.69) is 37.2 Å². The van der Waals surface area contributed by atoms with Crippen LogP contribution in [0, 0.1) is 0 Å². The van der Waals surface area contributed by atoms with Gasteiger partial charge in [0, 0.05) is 8.95 Å². The largest absolute Gasteiger partial charge is 0.343 e. The van der Waals surface area contributed by atoms with Crippen LogP contribution in [0.3, 0.4) is 0 Å². The van der Waals surface area contributed by atoms with Crippen molar-refractivity contribution in [3.05, 3.63) is 27.1 Å². The maximum atomic E-state index is 12.0. The third kappa shape index (κ3) is 2.52. The molecule has 90 valence electrons. The molecule has 0 spiro atoms. The van der Waals surface area contributed by atoms with Gasteiger partial charge in [0.1, 0.15) is 12.6 Å². The molecule has 4 nitrogen and oxygen atoms in total. The lowest BCUT2D eigenvalue weighted by atomic mass is 10.2. The van der Waals surface area contributed by atoms with Crippen molar-refractivity contribution in [3.8, 4) is 0 Å². The van der Waals surface area contributed by atoms with Crippen LogP contribution in [0.4, 0.5) is 5.69 Å². The summed E-state index contributed by atoms with van der Waals surface area (Å²) in [6.07, 6.45) is 0. The van der Waals surface area contributed by atoms with E-state index in [-0.39, 0.29) is 18.4 Å². The Morgan fingerprint density at radius 1 is 1.35 bits per heavy atom. The van der Waals surface area contributed by atoms with Gasteiger partial charge in [0.2, 0.25) is 11.8 Å². The molecule has 1 heterocycles. The number of halogens is 2. The van der Waals surface area contributed by atoms with Crippen LogP contribution in [0.15, 0.2) is 27.1 Å². The van der Waals surface area contributed by atoms with Gasteiger partial charge in [0.05, 0.1) is 5.69 Å². The first kappa shape index (κ1) is 12.6. The van der Waals surface area contributed by atoms with Crippen LogP contribution in [0.1, 0.15) is 6.92 Å². The Balaban J connectivity index is 2.41. The molecular formula is C11H10Br2N2O2. The fraction of sp³-hybridized carbons (Fsp3) is 0.273. The highest BCUT2D eigenvalue weighted by atomic mass is 79.9. The van der Waals surface area contributed by atoms with Gasteiger partial charge in [-0.2, -0.15) is 0 Å². The normalized spacial score (nSPS) is 20.4. The Bertz CT molecular complexity index is 490. The van der Waals surface area contributed by atoms with E-state index in [0.717, 1.165) is 8.95 Å². The van der Waals surface area contributed by atoms with Crippen LogP contribution in [0.25, 0.3) is 0 Å². The fourth-order valence-corrected chi connectivity index (χ4v) is 2.51. The number of rotatable bonds is 1. The van der Waals surface area contributed by atoms with Crippen LogP contribution in [0.2, 0.25) is 0 Å². The van der Waals surface area contributed by atoms with Gasteiger partial charge in [-0.15, -0.1) is 0 Å². The molecule has 17 heavy (non-hydrogen) atoms. The number of hydrogen-bond donors (Lipinski definition) is 1. The molecular weight excluding hydrogens is 352 g/mol. The summed E-state index contributed by atoms with van der Waals surface area (Å²) in [7, 11) is 0.